The lowest BCUT2D eigenvalue weighted by molar-refractivity contribution is -0.108. The Labute approximate surface area is 109 Å². The highest BCUT2D eigenvalue weighted by Crippen LogP contribution is 2.40. The summed E-state index contributed by atoms with van der Waals surface area (Å²) >= 11 is 0. The van der Waals surface area contributed by atoms with Crippen molar-refractivity contribution in [2.75, 3.05) is 20.3 Å². The minimum absolute atomic E-state index is 0.0754. The first-order valence-electron chi connectivity index (χ1n) is 7.34. The van der Waals surface area contributed by atoms with E-state index in [9.17, 15) is 5.11 Å². The third-order valence-electron chi connectivity index (χ3n) is 4.99. The number of ether oxygens (including phenoxy) is 2. The standard InChI is InChI=1S/C14H25NO3/c1-15-11-3-2-4-12(15)10-14(16,9-11)6-5-13-17-7-8-18-13/h11-13,16H,2-10H2,1H3. The molecule has 2 unspecified atom stereocenters. The second kappa shape index (κ2) is 5.08. The Bertz CT molecular complexity index is 277. The highest BCUT2D eigenvalue weighted by atomic mass is 16.7. The van der Waals surface area contributed by atoms with Crippen molar-refractivity contribution in [3.05, 3.63) is 0 Å². The Morgan fingerprint density at radius 1 is 1.17 bits per heavy atom. The summed E-state index contributed by atoms with van der Waals surface area (Å²) in [6.07, 6.45) is 7.23. The summed E-state index contributed by atoms with van der Waals surface area (Å²) in [5, 5.41) is 10.8. The number of hydrogen-bond donors (Lipinski definition) is 1. The lowest BCUT2D eigenvalue weighted by atomic mass is 9.74. The summed E-state index contributed by atoms with van der Waals surface area (Å²) in [5.41, 5.74) is -0.489. The summed E-state index contributed by atoms with van der Waals surface area (Å²) in [7, 11) is 2.22. The van der Waals surface area contributed by atoms with E-state index in [0.717, 1.165) is 25.7 Å². The quantitative estimate of drug-likeness (QED) is 0.830. The largest absolute Gasteiger partial charge is 0.390 e. The number of fused-ring (bicyclic) bond motifs is 2. The minimum atomic E-state index is -0.489. The summed E-state index contributed by atoms with van der Waals surface area (Å²) < 4.78 is 10.9. The molecule has 3 heterocycles. The lowest BCUT2D eigenvalue weighted by Gasteiger charge is -2.50. The van der Waals surface area contributed by atoms with Crippen LogP contribution in [0.4, 0.5) is 0 Å². The van der Waals surface area contributed by atoms with Crippen LogP contribution in [-0.4, -0.2) is 54.2 Å². The molecule has 2 atom stereocenters. The molecule has 1 N–H and O–H groups in total. The zero-order chi connectivity index (χ0) is 12.6. The molecule has 3 aliphatic heterocycles. The van der Waals surface area contributed by atoms with Crippen LogP contribution in [0.5, 0.6) is 0 Å². The van der Waals surface area contributed by atoms with Crippen molar-refractivity contribution >= 4 is 0 Å². The maximum atomic E-state index is 10.8. The van der Waals surface area contributed by atoms with Crippen molar-refractivity contribution in [2.45, 2.75) is 68.9 Å². The fraction of sp³-hybridized carbons (Fsp3) is 1.00. The molecule has 2 bridgehead atoms. The molecule has 0 spiro atoms. The van der Waals surface area contributed by atoms with E-state index in [4.69, 9.17) is 9.47 Å². The normalized spacial score (nSPS) is 42.3. The van der Waals surface area contributed by atoms with Gasteiger partial charge in [-0.1, -0.05) is 6.42 Å². The van der Waals surface area contributed by atoms with Gasteiger partial charge in [0.05, 0.1) is 18.8 Å². The van der Waals surface area contributed by atoms with Crippen LogP contribution in [0.3, 0.4) is 0 Å². The van der Waals surface area contributed by atoms with Crippen molar-refractivity contribution in [2.24, 2.45) is 0 Å². The van der Waals surface area contributed by atoms with Crippen LogP contribution < -0.4 is 0 Å². The number of rotatable bonds is 3. The molecule has 0 aromatic heterocycles. The zero-order valence-electron chi connectivity index (χ0n) is 11.3. The average Bonchev–Trinajstić information content (AvgIpc) is 2.82. The van der Waals surface area contributed by atoms with E-state index in [-0.39, 0.29) is 6.29 Å². The van der Waals surface area contributed by atoms with Crippen LogP contribution in [0, 0.1) is 0 Å². The fourth-order valence-electron chi connectivity index (χ4n) is 3.91. The molecule has 4 heteroatoms. The maximum absolute atomic E-state index is 10.8. The molecule has 0 amide bonds. The predicted octanol–water partition coefficient (Wildman–Crippen LogP) is 1.52. The SMILES string of the molecule is CN1C2CCCC1CC(O)(CCC1OCCO1)C2. The molecule has 4 nitrogen and oxygen atoms in total. The van der Waals surface area contributed by atoms with Gasteiger partial charge in [0.25, 0.3) is 0 Å². The molecule has 0 aromatic carbocycles. The van der Waals surface area contributed by atoms with Gasteiger partial charge in [-0.25, -0.2) is 0 Å². The molecular formula is C14H25NO3. The first-order valence-corrected chi connectivity index (χ1v) is 7.34. The van der Waals surface area contributed by atoms with Gasteiger partial charge in [0.2, 0.25) is 0 Å². The van der Waals surface area contributed by atoms with Crippen LogP contribution in [0.1, 0.15) is 44.9 Å². The van der Waals surface area contributed by atoms with E-state index in [1.54, 1.807) is 0 Å². The van der Waals surface area contributed by atoms with E-state index in [1.165, 1.54) is 19.3 Å². The van der Waals surface area contributed by atoms with Crippen LogP contribution >= 0.6 is 0 Å². The number of nitrogens with zero attached hydrogens (tertiary/aromatic N) is 1. The molecule has 0 radical (unpaired) electrons. The lowest BCUT2D eigenvalue weighted by Crippen LogP contribution is -2.56. The Morgan fingerprint density at radius 3 is 2.39 bits per heavy atom. The monoisotopic (exact) mass is 255 g/mol. The van der Waals surface area contributed by atoms with E-state index >= 15 is 0 Å². The minimum Gasteiger partial charge on any atom is -0.390 e. The van der Waals surface area contributed by atoms with Crippen molar-refractivity contribution in [3.63, 3.8) is 0 Å². The molecule has 3 fully saturated rings. The van der Waals surface area contributed by atoms with E-state index in [2.05, 4.69) is 11.9 Å². The molecule has 0 aromatic rings. The molecule has 3 saturated heterocycles. The predicted molar refractivity (Wildman–Crippen MR) is 68.3 cm³/mol. The molecule has 3 aliphatic rings. The highest BCUT2D eigenvalue weighted by Gasteiger charge is 2.43. The van der Waals surface area contributed by atoms with Crippen molar-refractivity contribution in [1.82, 2.24) is 4.90 Å². The maximum Gasteiger partial charge on any atom is 0.157 e. The van der Waals surface area contributed by atoms with Crippen molar-refractivity contribution in [1.29, 1.82) is 0 Å². The third kappa shape index (κ3) is 2.57. The van der Waals surface area contributed by atoms with Gasteiger partial charge in [0.1, 0.15) is 0 Å². The summed E-state index contributed by atoms with van der Waals surface area (Å²) in [6.45, 7) is 1.41. The molecule has 0 aliphatic carbocycles. The van der Waals surface area contributed by atoms with E-state index < -0.39 is 5.60 Å². The molecule has 104 valence electrons. The zero-order valence-corrected chi connectivity index (χ0v) is 11.3. The van der Waals surface area contributed by atoms with E-state index in [0.29, 0.717) is 25.3 Å². The Hall–Kier alpha value is -0.160. The van der Waals surface area contributed by atoms with Gasteiger partial charge in [-0.05, 0) is 39.2 Å². The summed E-state index contributed by atoms with van der Waals surface area (Å²) in [6, 6.07) is 1.15. The highest BCUT2D eigenvalue weighted by molar-refractivity contribution is 4.98. The van der Waals surface area contributed by atoms with Gasteiger partial charge in [-0.15, -0.1) is 0 Å². The first-order chi connectivity index (χ1) is 8.66. The van der Waals surface area contributed by atoms with Crippen LogP contribution in [0.15, 0.2) is 0 Å². The van der Waals surface area contributed by atoms with Crippen LogP contribution in [0.2, 0.25) is 0 Å². The smallest absolute Gasteiger partial charge is 0.157 e. The van der Waals surface area contributed by atoms with Crippen LogP contribution in [0.25, 0.3) is 0 Å². The topological polar surface area (TPSA) is 41.9 Å². The Morgan fingerprint density at radius 2 is 1.78 bits per heavy atom. The van der Waals surface area contributed by atoms with Crippen molar-refractivity contribution in [3.8, 4) is 0 Å². The second-order valence-corrected chi connectivity index (χ2v) is 6.25. The van der Waals surface area contributed by atoms with Crippen LogP contribution in [-0.2, 0) is 9.47 Å². The third-order valence-corrected chi connectivity index (χ3v) is 4.99. The van der Waals surface area contributed by atoms with Gasteiger partial charge in [-0.2, -0.15) is 0 Å². The second-order valence-electron chi connectivity index (χ2n) is 6.25. The Kier molecular flexibility index (Phi) is 3.63. The number of piperidine rings is 2. The molecule has 3 rings (SSSR count). The van der Waals surface area contributed by atoms with Crippen molar-refractivity contribution < 1.29 is 14.6 Å². The van der Waals surface area contributed by atoms with E-state index in [1.807, 2.05) is 0 Å². The van der Waals surface area contributed by atoms with Gasteiger partial charge in [-0.3, -0.25) is 0 Å². The van der Waals surface area contributed by atoms with Gasteiger partial charge in [0, 0.05) is 18.5 Å². The summed E-state index contributed by atoms with van der Waals surface area (Å²) in [4.78, 5) is 2.49. The number of hydrogen-bond acceptors (Lipinski definition) is 4. The number of aliphatic hydroxyl groups is 1. The Balaban J connectivity index is 1.57. The summed E-state index contributed by atoms with van der Waals surface area (Å²) in [5.74, 6) is 0. The fourth-order valence-corrected chi connectivity index (χ4v) is 3.91. The average molecular weight is 255 g/mol. The van der Waals surface area contributed by atoms with Gasteiger partial charge >= 0.3 is 0 Å². The molecule has 18 heavy (non-hydrogen) atoms. The first kappa shape index (κ1) is 12.9. The van der Waals surface area contributed by atoms with Gasteiger partial charge in [0.15, 0.2) is 6.29 Å². The molecule has 0 saturated carbocycles. The molecular weight excluding hydrogens is 230 g/mol. The van der Waals surface area contributed by atoms with Gasteiger partial charge < -0.3 is 19.5 Å².